The molecule has 0 radical (unpaired) electrons. The summed E-state index contributed by atoms with van der Waals surface area (Å²) < 4.78 is 5.48. The summed E-state index contributed by atoms with van der Waals surface area (Å²) in [7, 11) is 1.71. The Bertz CT molecular complexity index is 917. The molecule has 0 aromatic carbocycles. The second-order valence-electron chi connectivity index (χ2n) is 14.6. The Morgan fingerprint density at radius 3 is 2.28 bits per heavy atom. The molecular formula is C31H50O5. The van der Waals surface area contributed by atoms with Crippen LogP contribution in [0.15, 0.2) is 12.2 Å². The lowest BCUT2D eigenvalue weighted by Gasteiger charge is -2.72. The third kappa shape index (κ3) is 3.14. The Hall–Kier alpha value is -0.910. The van der Waals surface area contributed by atoms with Crippen molar-refractivity contribution >= 4 is 5.97 Å². The maximum Gasteiger partial charge on any atom is 0.309 e. The molecule has 0 amide bonds. The molecule has 0 heterocycles. The van der Waals surface area contributed by atoms with Crippen molar-refractivity contribution in [1.29, 1.82) is 0 Å². The van der Waals surface area contributed by atoms with Gasteiger partial charge in [0.2, 0.25) is 0 Å². The van der Waals surface area contributed by atoms with Crippen LogP contribution in [0.2, 0.25) is 0 Å². The van der Waals surface area contributed by atoms with E-state index in [1.165, 1.54) is 0 Å². The van der Waals surface area contributed by atoms with Crippen LogP contribution in [0.5, 0.6) is 0 Å². The van der Waals surface area contributed by atoms with Crippen LogP contribution in [0.3, 0.4) is 0 Å². The molecule has 0 spiro atoms. The van der Waals surface area contributed by atoms with Gasteiger partial charge in [0, 0.05) is 12.5 Å². The van der Waals surface area contributed by atoms with E-state index in [1.807, 2.05) is 0 Å². The Labute approximate surface area is 218 Å². The lowest BCUT2D eigenvalue weighted by atomic mass is 9.32. The molecule has 5 aliphatic carbocycles. The lowest BCUT2D eigenvalue weighted by molar-refractivity contribution is -0.254. The minimum Gasteiger partial charge on any atom is -0.481 e. The number of rotatable bonds is 5. The van der Waals surface area contributed by atoms with Crippen LogP contribution in [0.1, 0.15) is 91.9 Å². The highest BCUT2D eigenvalue weighted by atomic mass is 16.5. The van der Waals surface area contributed by atoms with Gasteiger partial charge >= 0.3 is 5.97 Å². The molecule has 0 aromatic heterocycles. The van der Waals surface area contributed by atoms with Gasteiger partial charge < -0.3 is 20.1 Å². The van der Waals surface area contributed by atoms with Gasteiger partial charge in [0.05, 0.1) is 24.7 Å². The first-order valence-electron chi connectivity index (χ1n) is 14.5. The maximum absolute atomic E-state index is 12.9. The first kappa shape index (κ1) is 26.7. The number of carboxylic acid groups (broad SMARTS) is 1. The number of carboxylic acids is 1. The molecule has 0 saturated heterocycles. The molecular weight excluding hydrogens is 452 g/mol. The Kier molecular flexibility index (Phi) is 6.34. The van der Waals surface area contributed by atoms with E-state index in [4.69, 9.17) is 4.74 Å². The van der Waals surface area contributed by atoms with Crippen LogP contribution in [-0.2, 0) is 9.53 Å². The summed E-state index contributed by atoms with van der Waals surface area (Å²) in [5.41, 5.74) is 0.312. The van der Waals surface area contributed by atoms with Crippen molar-refractivity contribution in [3.05, 3.63) is 12.2 Å². The van der Waals surface area contributed by atoms with Gasteiger partial charge in [0.1, 0.15) is 0 Å². The van der Waals surface area contributed by atoms with Gasteiger partial charge in [-0.25, -0.2) is 0 Å². The summed E-state index contributed by atoms with van der Waals surface area (Å²) in [5.74, 6) is 0.992. The molecule has 3 N–H and O–H groups in total. The standard InChI is InChI=1S/C31H50O5/c1-19(17-36-6)20-9-14-31(26(34)35)16-15-29(4)21(25(20)31)7-8-23-27(2)12-11-24(33)28(3,18-32)22(27)10-13-30(23,29)5/h20-25,32-33H,1,7-18H2,2-6H3,(H,34,35)/t20-,21?,22+,23+,24-,25+,27-,28-,29+,30+,31-/m0/s1. The maximum atomic E-state index is 12.9. The fraction of sp³-hybridized carbons (Fsp3) is 0.903. The van der Waals surface area contributed by atoms with Gasteiger partial charge in [-0.2, -0.15) is 0 Å². The zero-order valence-corrected chi connectivity index (χ0v) is 23.3. The second kappa shape index (κ2) is 8.55. The monoisotopic (exact) mass is 502 g/mol. The van der Waals surface area contributed by atoms with Crippen molar-refractivity contribution in [3.63, 3.8) is 0 Å². The largest absolute Gasteiger partial charge is 0.481 e. The Morgan fingerprint density at radius 1 is 0.917 bits per heavy atom. The van der Waals surface area contributed by atoms with Gasteiger partial charge in [0.25, 0.3) is 0 Å². The molecule has 5 rings (SSSR count). The number of aliphatic carboxylic acids is 1. The van der Waals surface area contributed by atoms with E-state index in [9.17, 15) is 20.1 Å². The number of methoxy groups -OCH3 is 1. The van der Waals surface area contributed by atoms with Crippen LogP contribution in [0.4, 0.5) is 0 Å². The van der Waals surface area contributed by atoms with Crippen molar-refractivity contribution in [2.75, 3.05) is 20.3 Å². The third-order valence-corrected chi connectivity index (χ3v) is 13.8. The minimum atomic E-state index is -0.625. The van der Waals surface area contributed by atoms with E-state index in [-0.39, 0.29) is 34.7 Å². The van der Waals surface area contributed by atoms with E-state index in [0.717, 1.165) is 69.8 Å². The smallest absolute Gasteiger partial charge is 0.309 e. The average molecular weight is 503 g/mol. The van der Waals surface area contributed by atoms with Gasteiger partial charge in [-0.3, -0.25) is 4.79 Å². The molecule has 11 atom stereocenters. The van der Waals surface area contributed by atoms with Crippen LogP contribution in [0.25, 0.3) is 0 Å². The van der Waals surface area contributed by atoms with Gasteiger partial charge in [0.15, 0.2) is 0 Å². The Balaban J connectivity index is 1.55. The van der Waals surface area contributed by atoms with Crippen LogP contribution >= 0.6 is 0 Å². The van der Waals surface area contributed by atoms with Crippen molar-refractivity contribution < 1.29 is 24.9 Å². The molecule has 5 heteroatoms. The normalized spacial score (nSPS) is 54.1. The van der Waals surface area contributed by atoms with E-state index in [2.05, 4.69) is 34.3 Å². The predicted molar refractivity (Wildman–Crippen MR) is 140 cm³/mol. The van der Waals surface area contributed by atoms with Crippen LogP contribution < -0.4 is 0 Å². The molecule has 0 bridgehead atoms. The summed E-state index contributed by atoms with van der Waals surface area (Å²) in [6, 6.07) is 0. The summed E-state index contributed by atoms with van der Waals surface area (Å²) in [4.78, 5) is 12.9. The summed E-state index contributed by atoms with van der Waals surface area (Å²) in [6.45, 7) is 14.6. The highest BCUT2D eigenvalue weighted by Gasteiger charge is 2.72. The molecule has 5 aliphatic rings. The van der Waals surface area contributed by atoms with E-state index in [1.54, 1.807) is 7.11 Å². The number of hydrogen-bond acceptors (Lipinski definition) is 4. The number of aliphatic hydroxyl groups is 2. The van der Waals surface area contributed by atoms with Gasteiger partial charge in [-0.1, -0.05) is 34.3 Å². The predicted octanol–water partition coefficient (Wildman–Crippen LogP) is 5.69. The highest BCUT2D eigenvalue weighted by molar-refractivity contribution is 5.76. The molecule has 0 aliphatic heterocycles. The second-order valence-corrected chi connectivity index (χ2v) is 14.6. The Morgan fingerprint density at radius 2 is 1.64 bits per heavy atom. The molecule has 1 unspecified atom stereocenters. The first-order chi connectivity index (χ1) is 16.9. The lowest BCUT2D eigenvalue weighted by Crippen LogP contribution is -2.67. The van der Waals surface area contributed by atoms with Crippen molar-refractivity contribution in [1.82, 2.24) is 0 Å². The number of fused-ring (bicyclic) bond motifs is 7. The van der Waals surface area contributed by atoms with Gasteiger partial charge in [-0.15, -0.1) is 0 Å². The first-order valence-corrected chi connectivity index (χ1v) is 14.5. The minimum absolute atomic E-state index is 0.0459. The van der Waals surface area contributed by atoms with Gasteiger partial charge in [-0.05, 0) is 116 Å². The average Bonchev–Trinajstić information content (AvgIpc) is 3.23. The quantitative estimate of drug-likeness (QED) is 0.421. The van der Waals surface area contributed by atoms with Crippen LogP contribution in [-0.4, -0.2) is 47.7 Å². The zero-order chi connectivity index (χ0) is 26.3. The van der Waals surface area contributed by atoms with Crippen LogP contribution in [0, 0.1) is 56.7 Å². The fourth-order valence-corrected chi connectivity index (χ4v) is 11.7. The fourth-order valence-electron chi connectivity index (χ4n) is 11.7. The topological polar surface area (TPSA) is 87.0 Å². The van der Waals surface area contributed by atoms with Crippen molar-refractivity contribution in [2.24, 2.45) is 56.7 Å². The molecule has 5 fully saturated rings. The zero-order valence-electron chi connectivity index (χ0n) is 23.3. The molecule has 5 saturated carbocycles. The van der Waals surface area contributed by atoms with Crippen molar-refractivity contribution in [3.8, 4) is 0 Å². The number of hydrogen-bond donors (Lipinski definition) is 3. The summed E-state index contributed by atoms with van der Waals surface area (Å²) in [6.07, 6.45) is 9.12. The van der Waals surface area contributed by atoms with E-state index in [0.29, 0.717) is 24.4 Å². The van der Waals surface area contributed by atoms with E-state index < -0.39 is 22.9 Å². The molecule has 204 valence electrons. The highest BCUT2D eigenvalue weighted by Crippen LogP contribution is 2.77. The number of ether oxygens (including phenoxy) is 1. The SMILES string of the molecule is C=C(COC)[C@@H]1CC[C@]2(C(=O)O)CC[C@]3(C)C(CC[C@@H]4[C@@]5(C)CC[C@H](O)[C@@](C)(CO)[C@@H]5CC[C@]43C)[C@@H]12. The molecule has 36 heavy (non-hydrogen) atoms. The summed E-state index contributed by atoms with van der Waals surface area (Å²) in [5, 5.41) is 32.0. The van der Waals surface area contributed by atoms with Crippen molar-refractivity contribution in [2.45, 2.75) is 98.0 Å². The molecule has 0 aromatic rings. The number of aliphatic hydroxyl groups excluding tert-OH is 2. The number of carbonyl (C=O) groups is 1. The third-order valence-electron chi connectivity index (χ3n) is 13.8. The molecule has 5 nitrogen and oxygen atoms in total. The van der Waals surface area contributed by atoms with E-state index >= 15 is 0 Å². The summed E-state index contributed by atoms with van der Waals surface area (Å²) >= 11 is 0.